The fourth-order valence-electron chi connectivity index (χ4n) is 2.07. The predicted octanol–water partition coefficient (Wildman–Crippen LogP) is 2.40. The van der Waals surface area contributed by atoms with Gasteiger partial charge in [0.15, 0.2) is 0 Å². The number of benzene rings is 1. The summed E-state index contributed by atoms with van der Waals surface area (Å²) in [5.74, 6) is 6.26. The molecule has 1 aromatic rings. The number of rotatable bonds is 5. The predicted molar refractivity (Wildman–Crippen MR) is 74.0 cm³/mol. The van der Waals surface area contributed by atoms with Crippen LogP contribution in [0.4, 0.5) is 4.39 Å². The van der Waals surface area contributed by atoms with Crippen molar-refractivity contribution < 1.29 is 9.50 Å². The molecule has 0 spiro atoms. The lowest BCUT2D eigenvalue weighted by Gasteiger charge is -2.16. The number of nitrogens with zero attached hydrogens (tertiary/aromatic N) is 1. The van der Waals surface area contributed by atoms with E-state index in [1.54, 1.807) is 0 Å². The van der Waals surface area contributed by atoms with Gasteiger partial charge >= 0.3 is 0 Å². The minimum Gasteiger partial charge on any atom is -0.395 e. The van der Waals surface area contributed by atoms with E-state index >= 15 is 0 Å². The van der Waals surface area contributed by atoms with Crippen LogP contribution >= 0.6 is 0 Å². The maximum Gasteiger partial charge on any atom is 0.128 e. The summed E-state index contributed by atoms with van der Waals surface area (Å²) in [4.78, 5) is 2.17. The van der Waals surface area contributed by atoms with E-state index < -0.39 is 0 Å². The Bertz CT molecular complexity index is 485. The largest absolute Gasteiger partial charge is 0.395 e. The first-order chi connectivity index (χ1) is 9.19. The second kappa shape index (κ2) is 6.70. The normalized spacial score (nSPS) is 14.3. The lowest BCUT2D eigenvalue weighted by Crippen LogP contribution is -2.21. The molecule has 2 rings (SSSR count). The molecule has 1 fully saturated rings. The summed E-state index contributed by atoms with van der Waals surface area (Å²) in [6, 6.07) is 5.13. The standard InChI is InChI=1S/C16H20FNO/c1-18(11-14-5-6-14)12-15-8-7-13(10-16(15)17)4-2-3-9-19/h7-8,10,14,19H,3,5-6,9,11-12H2,1H3. The molecule has 1 saturated carbocycles. The number of halogens is 1. The maximum atomic E-state index is 13.9. The fraction of sp³-hybridized carbons (Fsp3) is 0.500. The van der Waals surface area contributed by atoms with E-state index in [0.717, 1.165) is 18.0 Å². The van der Waals surface area contributed by atoms with Gasteiger partial charge in [-0.1, -0.05) is 17.9 Å². The highest BCUT2D eigenvalue weighted by Crippen LogP contribution is 2.29. The van der Waals surface area contributed by atoms with Crippen LogP contribution in [0, 0.1) is 23.6 Å². The minimum absolute atomic E-state index is 0.0412. The Balaban J connectivity index is 1.96. The number of hydrogen-bond acceptors (Lipinski definition) is 2. The maximum absolute atomic E-state index is 13.9. The smallest absolute Gasteiger partial charge is 0.128 e. The number of aliphatic hydroxyl groups excluding tert-OH is 1. The Morgan fingerprint density at radius 1 is 1.42 bits per heavy atom. The summed E-state index contributed by atoms with van der Waals surface area (Å²) in [6.07, 6.45) is 3.05. The average Bonchev–Trinajstić information content (AvgIpc) is 3.17. The van der Waals surface area contributed by atoms with Crippen LogP contribution in [0.5, 0.6) is 0 Å². The van der Waals surface area contributed by atoms with Crippen molar-refractivity contribution >= 4 is 0 Å². The first-order valence-corrected chi connectivity index (χ1v) is 6.75. The molecule has 0 radical (unpaired) electrons. The molecule has 1 N–H and O–H groups in total. The van der Waals surface area contributed by atoms with Crippen LogP contribution < -0.4 is 0 Å². The summed E-state index contributed by atoms with van der Waals surface area (Å²) < 4.78 is 13.9. The van der Waals surface area contributed by atoms with Crippen molar-refractivity contribution in [1.29, 1.82) is 0 Å². The van der Waals surface area contributed by atoms with Gasteiger partial charge in [0.25, 0.3) is 0 Å². The molecule has 0 saturated heterocycles. The topological polar surface area (TPSA) is 23.5 Å². The average molecular weight is 261 g/mol. The Morgan fingerprint density at radius 3 is 2.84 bits per heavy atom. The summed E-state index contributed by atoms with van der Waals surface area (Å²) >= 11 is 0. The summed E-state index contributed by atoms with van der Waals surface area (Å²) in [5.41, 5.74) is 1.38. The van der Waals surface area contributed by atoms with E-state index in [4.69, 9.17) is 5.11 Å². The monoisotopic (exact) mass is 261 g/mol. The molecular formula is C16H20FNO. The Labute approximate surface area is 114 Å². The molecule has 0 aliphatic heterocycles. The lowest BCUT2D eigenvalue weighted by molar-refractivity contribution is 0.305. The summed E-state index contributed by atoms with van der Waals surface area (Å²) in [6.45, 7) is 1.74. The third-order valence-corrected chi connectivity index (χ3v) is 3.23. The fourth-order valence-corrected chi connectivity index (χ4v) is 2.07. The van der Waals surface area contributed by atoms with E-state index in [1.165, 1.54) is 18.9 Å². The molecule has 0 atom stereocenters. The van der Waals surface area contributed by atoms with Gasteiger partial charge in [0.05, 0.1) is 6.61 Å². The van der Waals surface area contributed by atoms with E-state index in [2.05, 4.69) is 16.7 Å². The van der Waals surface area contributed by atoms with Crippen LogP contribution in [-0.2, 0) is 6.54 Å². The van der Waals surface area contributed by atoms with Crippen molar-refractivity contribution in [3.63, 3.8) is 0 Å². The summed E-state index contributed by atoms with van der Waals surface area (Å²) in [7, 11) is 2.03. The highest BCUT2D eigenvalue weighted by Gasteiger charge is 2.22. The minimum atomic E-state index is -0.196. The van der Waals surface area contributed by atoms with Gasteiger partial charge in [0.2, 0.25) is 0 Å². The highest BCUT2D eigenvalue weighted by molar-refractivity contribution is 5.37. The first kappa shape index (κ1) is 14.0. The SMILES string of the molecule is CN(Cc1ccc(C#CCCO)cc1F)CC1CC1. The van der Waals surface area contributed by atoms with Crippen molar-refractivity contribution in [2.24, 2.45) is 5.92 Å². The van der Waals surface area contributed by atoms with Crippen LogP contribution in [0.3, 0.4) is 0 Å². The van der Waals surface area contributed by atoms with E-state index in [9.17, 15) is 4.39 Å². The number of aliphatic hydroxyl groups is 1. The van der Waals surface area contributed by atoms with Crippen molar-refractivity contribution in [1.82, 2.24) is 4.90 Å². The lowest BCUT2D eigenvalue weighted by atomic mass is 10.1. The third kappa shape index (κ3) is 4.66. The van der Waals surface area contributed by atoms with Gasteiger partial charge in [-0.05, 0) is 37.9 Å². The molecule has 0 aromatic heterocycles. The van der Waals surface area contributed by atoms with Crippen LogP contribution in [-0.4, -0.2) is 30.2 Å². The Morgan fingerprint density at radius 2 is 2.21 bits per heavy atom. The molecule has 19 heavy (non-hydrogen) atoms. The van der Waals surface area contributed by atoms with Crippen molar-refractivity contribution in [2.45, 2.75) is 25.8 Å². The zero-order valence-electron chi connectivity index (χ0n) is 11.3. The Hall–Kier alpha value is -1.37. The van der Waals surface area contributed by atoms with Gasteiger partial charge < -0.3 is 10.0 Å². The molecule has 0 unspecified atom stereocenters. The van der Waals surface area contributed by atoms with E-state index in [-0.39, 0.29) is 12.4 Å². The second-order valence-electron chi connectivity index (χ2n) is 5.22. The molecule has 0 heterocycles. The van der Waals surface area contributed by atoms with Crippen molar-refractivity contribution in [2.75, 3.05) is 20.2 Å². The number of hydrogen-bond donors (Lipinski definition) is 1. The Kier molecular flexibility index (Phi) is 4.95. The molecule has 102 valence electrons. The molecular weight excluding hydrogens is 241 g/mol. The van der Waals surface area contributed by atoms with Gasteiger partial charge in [-0.25, -0.2) is 4.39 Å². The van der Waals surface area contributed by atoms with Gasteiger partial charge in [-0.3, -0.25) is 0 Å². The first-order valence-electron chi connectivity index (χ1n) is 6.75. The summed E-state index contributed by atoms with van der Waals surface area (Å²) in [5, 5.41) is 8.64. The zero-order chi connectivity index (χ0) is 13.7. The quantitative estimate of drug-likeness (QED) is 0.823. The van der Waals surface area contributed by atoms with Gasteiger partial charge in [0.1, 0.15) is 5.82 Å². The molecule has 0 amide bonds. The molecule has 0 bridgehead atoms. The van der Waals surface area contributed by atoms with Crippen LogP contribution in [0.1, 0.15) is 30.4 Å². The van der Waals surface area contributed by atoms with Gasteiger partial charge in [-0.2, -0.15) is 0 Å². The molecule has 1 aliphatic rings. The van der Waals surface area contributed by atoms with Gasteiger partial charge in [-0.15, -0.1) is 0 Å². The molecule has 1 aromatic carbocycles. The van der Waals surface area contributed by atoms with Crippen molar-refractivity contribution in [3.8, 4) is 11.8 Å². The second-order valence-corrected chi connectivity index (χ2v) is 5.22. The molecule has 1 aliphatic carbocycles. The molecule has 3 heteroatoms. The van der Waals surface area contributed by atoms with Gasteiger partial charge in [0, 0.05) is 30.6 Å². The van der Waals surface area contributed by atoms with Crippen molar-refractivity contribution in [3.05, 3.63) is 35.1 Å². The van der Waals surface area contributed by atoms with E-state index in [0.29, 0.717) is 18.5 Å². The highest BCUT2D eigenvalue weighted by atomic mass is 19.1. The van der Waals surface area contributed by atoms with Crippen LogP contribution in [0.15, 0.2) is 18.2 Å². The van der Waals surface area contributed by atoms with Crippen LogP contribution in [0.2, 0.25) is 0 Å². The van der Waals surface area contributed by atoms with Crippen LogP contribution in [0.25, 0.3) is 0 Å². The van der Waals surface area contributed by atoms with E-state index in [1.807, 2.05) is 19.2 Å². The zero-order valence-corrected chi connectivity index (χ0v) is 11.3. The third-order valence-electron chi connectivity index (χ3n) is 3.23. The molecule has 2 nitrogen and oxygen atoms in total.